The van der Waals surface area contributed by atoms with Crippen LogP contribution in [0.1, 0.15) is 24.2 Å². The number of aliphatic hydroxyl groups is 1. The molecule has 3 aromatic rings. The van der Waals surface area contributed by atoms with Crippen LogP contribution in [-0.2, 0) is 6.54 Å². The second-order valence-electron chi connectivity index (χ2n) is 6.74. The zero-order chi connectivity index (χ0) is 19.8. The third-order valence-electron chi connectivity index (χ3n) is 4.78. The number of rotatable bonds is 8. The number of aliphatic imine (C=N–C) groups is 1. The number of aromatic nitrogens is 2. The number of halogens is 1. The largest absolute Gasteiger partial charge is 0.396 e. The van der Waals surface area contributed by atoms with E-state index in [9.17, 15) is 5.11 Å². The van der Waals surface area contributed by atoms with Crippen molar-refractivity contribution in [1.29, 1.82) is 0 Å². The minimum absolute atomic E-state index is 0. The number of nitrogens with zero attached hydrogens (tertiary/aromatic N) is 3. The molecule has 1 atom stereocenters. The highest BCUT2D eigenvalue weighted by Crippen LogP contribution is 2.16. The van der Waals surface area contributed by atoms with Crippen LogP contribution in [0, 0.1) is 6.92 Å². The van der Waals surface area contributed by atoms with Gasteiger partial charge in [0.1, 0.15) is 5.82 Å². The molecule has 0 fully saturated rings. The van der Waals surface area contributed by atoms with E-state index in [1.807, 2.05) is 62.4 Å². The summed E-state index contributed by atoms with van der Waals surface area (Å²) in [5.74, 6) is 1.77. The maximum atomic E-state index is 9.73. The number of imidazole rings is 1. The molecule has 3 rings (SSSR count). The quantitative estimate of drug-likeness (QED) is 0.249. The summed E-state index contributed by atoms with van der Waals surface area (Å²) in [6.45, 7) is 7.02. The van der Waals surface area contributed by atoms with Gasteiger partial charge in [0.05, 0.1) is 24.2 Å². The lowest BCUT2D eigenvalue weighted by molar-refractivity contribution is 0.268. The summed E-state index contributed by atoms with van der Waals surface area (Å²) in [6.07, 6.45) is 0. The summed E-state index contributed by atoms with van der Waals surface area (Å²) in [7, 11) is 0. The molecule has 1 heterocycles. The fraction of sp³-hybridized carbons (Fsp3) is 0.364. The average molecular weight is 507 g/mol. The van der Waals surface area contributed by atoms with Crippen LogP contribution >= 0.6 is 24.0 Å². The van der Waals surface area contributed by atoms with Crippen LogP contribution in [0.15, 0.2) is 59.6 Å². The first-order valence-electron chi connectivity index (χ1n) is 9.82. The van der Waals surface area contributed by atoms with E-state index in [4.69, 9.17) is 0 Å². The molecule has 7 heteroatoms. The lowest BCUT2D eigenvalue weighted by Gasteiger charge is -2.16. The molecule has 0 spiro atoms. The highest BCUT2D eigenvalue weighted by molar-refractivity contribution is 14.0. The van der Waals surface area contributed by atoms with Gasteiger partial charge < -0.3 is 20.3 Å². The molecule has 0 saturated heterocycles. The number of benzene rings is 2. The van der Waals surface area contributed by atoms with Gasteiger partial charge >= 0.3 is 0 Å². The van der Waals surface area contributed by atoms with Crippen molar-refractivity contribution in [3.63, 3.8) is 0 Å². The molecule has 0 amide bonds. The predicted molar refractivity (Wildman–Crippen MR) is 130 cm³/mol. The third-order valence-corrected chi connectivity index (χ3v) is 4.78. The molecule has 0 aliphatic carbocycles. The summed E-state index contributed by atoms with van der Waals surface area (Å²) in [5, 5.41) is 16.4. The standard InChI is InChI=1S/C22H29N5O.HI/c1-3-23-22(25-15-19(16-28)18-9-5-4-6-10-18)24-13-14-27-17(2)26-20-11-7-8-12-21(20)27;/h4-12,19,28H,3,13-16H2,1-2H3,(H2,23,24,25);1H. The number of para-hydroxylation sites is 2. The summed E-state index contributed by atoms with van der Waals surface area (Å²) in [5.41, 5.74) is 3.27. The topological polar surface area (TPSA) is 74.5 Å². The molecule has 0 aliphatic heterocycles. The van der Waals surface area contributed by atoms with Crippen molar-refractivity contribution < 1.29 is 5.11 Å². The minimum Gasteiger partial charge on any atom is -0.396 e. The normalized spacial score (nSPS) is 12.4. The van der Waals surface area contributed by atoms with Crippen LogP contribution in [0.5, 0.6) is 0 Å². The van der Waals surface area contributed by atoms with Gasteiger partial charge in [0.25, 0.3) is 0 Å². The van der Waals surface area contributed by atoms with Gasteiger partial charge in [-0.25, -0.2) is 4.98 Å². The molecular formula is C22H30IN5O. The number of hydrogen-bond acceptors (Lipinski definition) is 3. The Balaban J connectivity index is 0.00000300. The van der Waals surface area contributed by atoms with Gasteiger partial charge in [0, 0.05) is 25.6 Å². The highest BCUT2D eigenvalue weighted by atomic mass is 127. The molecule has 1 aromatic heterocycles. The first-order valence-corrected chi connectivity index (χ1v) is 9.82. The number of aryl methyl sites for hydroxylation is 1. The Bertz CT molecular complexity index is 910. The van der Waals surface area contributed by atoms with E-state index in [0.29, 0.717) is 6.54 Å². The van der Waals surface area contributed by atoms with Crippen molar-refractivity contribution in [3.8, 4) is 0 Å². The van der Waals surface area contributed by atoms with E-state index in [-0.39, 0.29) is 36.5 Å². The van der Waals surface area contributed by atoms with E-state index >= 15 is 0 Å². The van der Waals surface area contributed by atoms with Crippen LogP contribution < -0.4 is 10.6 Å². The summed E-state index contributed by atoms with van der Waals surface area (Å²) in [4.78, 5) is 9.29. The Morgan fingerprint density at radius 3 is 2.55 bits per heavy atom. The second-order valence-corrected chi connectivity index (χ2v) is 6.74. The van der Waals surface area contributed by atoms with E-state index < -0.39 is 0 Å². The van der Waals surface area contributed by atoms with Gasteiger partial charge in [-0.3, -0.25) is 4.99 Å². The Hall–Kier alpha value is -2.13. The van der Waals surface area contributed by atoms with Crippen LogP contribution in [0.2, 0.25) is 0 Å². The van der Waals surface area contributed by atoms with E-state index in [1.165, 1.54) is 0 Å². The number of aliphatic hydroxyl groups excluding tert-OH is 1. The lowest BCUT2D eigenvalue weighted by Crippen LogP contribution is -2.39. The minimum atomic E-state index is -0.00325. The van der Waals surface area contributed by atoms with Gasteiger partial charge in [-0.15, -0.1) is 24.0 Å². The molecule has 156 valence electrons. The third kappa shape index (κ3) is 6.17. The molecule has 3 N–H and O–H groups in total. The molecule has 0 bridgehead atoms. The zero-order valence-corrected chi connectivity index (χ0v) is 19.3. The fourth-order valence-electron chi connectivity index (χ4n) is 3.30. The van der Waals surface area contributed by atoms with Crippen molar-refractivity contribution in [2.45, 2.75) is 26.3 Å². The maximum absolute atomic E-state index is 9.73. The number of nitrogens with one attached hydrogen (secondary N) is 2. The van der Waals surface area contributed by atoms with E-state index in [2.05, 4.69) is 31.2 Å². The molecule has 6 nitrogen and oxygen atoms in total. The van der Waals surface area contributed by atoms with Gasteiger partial charge in [-0.2, -0.15) is 0 Å². The number of guanidine groups is 1. The zero-order valence-electron chi connectivity index (χ0n) is 17.0. The smallest absolute Gasteiger partial charge is 0.191 e. The van der Waals surface area contributed by atoms with Gasteiger partial charge in [0.15, 0.2) is 5.96 Å². The number of hydrogen-bond donors (Lipinski definition) is 3. The molecule has 2 aromatic carbocycles. The SMILES string of the molecule is CCNC(=NCC(CO)c1ccccc1)NCCn1c(C)nc2ccccc21.I. The molecule has 0 aliphatic rings. The predicted octanol–water partition coefficient (Wildman–Crippen LogP) is 3.29. The Labute approximate surface area is 189 Å². The number of fused-ring (bicyclic) bond motifs is 1. The van der Waals surface area contributed by atoms with Crippen molar-refractivity contribution in [3.05, 3.63) is 66.0 Å². The van der Waals surface area contributed by atoms with Crippen LogP contribution in [0.3, 0.4) is 0 Å². The average Bonchev–Trinajstić information content (AvgIpc) is 3.04. The highest BCUT2D eigenvalue weighted by Gasteiger charge is 2.10. The van der Waals surface area contributed by atoms with Crippen molar-refractivity contribution in [1.82, 2.24) is 20.2 Å². The Kier molecular flexibility index (Phi) is 9.40. The maximum Gasteiger partial charge on any atom is 0.191 e. The van der Waals surface area contributed by atoms with Crippen molar-refractivity contribution in [2.24, 2.45) is 4.99 Å². The van der Waals surface area contributed by atoms with Gasteiger partial charge in [-0.05, 0) is 31.5 Å². The summed E-state index contributed by atoms with van der Waals surface area (Å²) >= 11 is 0. The fourth-order valence-corrected chi connectivity index (χ4v) is 3.30. The summed E-state index contributed by atoms with van der Waals surface area (Å²) < 4.78 is 2.21. The van der Waals surface area contributed by atoms with Crippen LogP contribution in [0.4, 0.5) is 0 Å². The molecular weight excluding hydrogens is 477 g/mol. The van der Waals surface area contributed by atoms with Gasteiger partial charge in [-0.1, -0.05) is 42.5 Å². The second kappa shape index (κ2) is 11.8. The van der Waals surface area contributed by atoms with Crippen LogP contribution in [0.25, 0.3) is 11.0 Å². The van der Waals surface area contributed by atoms with Gasteiger partial charge in [0.2, 0.25) is 0 Å². The lowest BCUT2D eigenvalue weighted by atomic mass is 10.0. The molecule has 1 unspecified atom stereocenters. The van der Waals surface area contributed by atoms with E-state index in [0.717, 1.165) is 48.0 Å². The summed E-state index contributed by atoms with van der Waals surface area (Å²) in [6, 6.07) is 18.2. The van der Waals surface area contributed by atoms with Crippen molar-refractivity contribution >= 4 is 41.0 Å². The van der Waals surface area contributed by atoms with Crippen LogP contribution in [-0.4, -0.2) is 46.9 Å². The first kappa shape index (κ1) is 23.2. The monoisotopic (exact) mass is 507 g/mol. The molecule has 0 saturated carbocycles. The van der Waals surface area contributed by atoms with E-state index in [1.54, 1.807) is 0 Å². The Morgan fingerprint density at radius 2 is 1.83 bits per heavy atom. The van der Waals surface area contributed by atoms with Crippen molar-refractivity contribution in [2.75, 3.05) is 26.2 Å². The molecule has 29 heavy (non-hydrogen) atoms. The first-order chi connectivity index (χ1) is 13.7. The Morgan fingerprint density at radius 1 is 1.10 bits per heavy atom. The molecule has 0 radical (unpaired) electrons.